The number of allylic oxidation sites excluding steroid dienone is 4. The van der Waals surface area contributed by atoms with Gasteiger partial charge >= 0.3 is 0 Å². The van der Waals surface area contributed by atoms with E-state index < -0.39 is 0 Å². The molecule has 0 amide bonds. The minimum Gasteiger partial charge on any atom is -0.451 e. The highest BCUT2D eigenvalue weighted by atomic mass is 16.3. The molecule has 5 nitrogen and oxygen atoms in total. The summed E-state index contributed by atoms with van der Waals surface area (Å²) >= 11 is 0. The van der Waals surface area contributed by atoms with Crippen LogP contribution in [0.2, 0.25) is 0 Å². The zero-order valence-corrected chi connectivity index (χ0v) is 34.2. The van der Waals surface area contributed by atoms with Crippen molar-refractivity contribution in [3.63, 3.8) is 0 Å². The predicted molar refractivity (Wildman–Crippen MR) is 261 cm³/mol. The van der Waals surface area contributed by atoms with Crippen molar-refractivity contribution in [1.29, 1.82) is 0 Å². The Morgan fingerprint density at radius 1 is 0.429 bits per heavy atom. The molecule has 1 aliphatic carbocycles. The van der Waals surface area contributed by atoms with E-state index >= 15 is 0 Å². The highest BCUT2D eigenvalue weighted by Crippen LogP contribution is 2.42. The first kappa shape index (κ1) is 35.5. The van der Waals surface area contributed by atoms with Crippen molar-refractivity contribution < 1.29 is 4.42 Å². The van der Waals surface area contributed by atoms with Crippen molar-refractivity contribution in [2.45, 2.75) is 12.8 Å². The van der Waals surface area contributed by atoms with Gasteiger partial charge in [-0.3, -0.25) is 0 Å². The highest BCUT2D eigenvalue weighted by Gasteiger charge is 2.22. The monoisotopic (exact) mass is 806 g/mol. The normalized spacial score (nSPS) is 13.0. The van der Waals surface area contributed by atoms with Crippen LogP contribution >= 0.6 is 0 Å². The van der Waals surface area contributed by atoms with Gasteiger partial charge in [0.05, 0.1) is 22.1 Å². The Balaban J connectivity index is 0.961. The third kappa shape index (κ3) is 5.63. The van der Waals surface area contributed by atoms with Crippen molar-refractivity contribution in [1.82, 2.24) is 19.1 Å². The Morgan fingerprint density at radius 2 is 1.03 bits per heavy atom. The van der Waals surface area contributed by atoms with Crippen molar-refractivity contribution in [2.75, 3.05) is 0 Å². The molecule has 12 aromatic rings. The molecular weight excluding hydrogens is 769 g/mol. The Labute approximate surface area is 363 Å². The first-order chi connectivity index (χ1) is 31.2. The van der Waals surface area contributed by atoms with Crippen molar-refractivity contribution in [3.8, 4) is 50.6 Å². The zero-order chi connectivity index (χ0) is 41.4. The molecule has 0 N–H and O–H groups in total. The van der Waals surface area contributed by atoms with Crippen molar-refractivity contribution in [2.24, 2.45) is 0 Å². The predicted octanol–water partition coefficient (Wildman–Crippen LogP) is 15.4. The molecule has 1 aliphatic rings. The van der Waals surface area contributed by atoms with E-state index in [-0.39, 0.29) is 0 Å². The maximum Gasteiger partial charge on any atom is 0.180 e. The van der Waals surface area contributed by atoms with E-state index in [0.717, 1.165) is 74.1 Å². The van der Waals surface area contributed by atoms with E-state index in [2.05, 4.69) is 209 Å². The van der Waals surface area contributed by atoms with Gasteiger partial charge in [-0.25, -0.2) is 9.97 Å². The fourth-order valence-electron chi connectivity index (χ4n) is 9.88. The molecule has 5 heteroatoms. The van der Waals surface area contributed by atoms with Gasteiger partial charge in [0.2, 0.25) is 0 Å². The van der Waals surface area contributed by atoms with Gasteiger partial charge in [0, 0.05) is 55.0 Å². The molecule has 8 aromatic carbocycles. The molecule has 0 fully saturated rings. The van der Waals surface area contributed by atoms with Gasteiger partial charge in [-0.05, 0) is 102 Å². The minimum atomic E-state index is 0.666. The molecule has 13 rings (SSSR count). The van der Waals surface area contributed by atoms with Crippen LogP contribution in [0.5, 0.6) is 0 Å². The van der Waals surface area contributed by atoms with E-state index in [1.165, 1.54) is 49.3 Å². The molecule has 0 unspecified atom stereocenters. The number of furan rings is 1. The lowest BCUT2D eigenvalue weighted by molar-refractivity contribution is 0.668. The molecule has 4 heterocycles. The van der Waals surface area contributed by atoms with E-state index in [1.807, 2.05) is 6.07 Å². The van der Waals surface area contributed by atoms with Crippen molar-refractivity contribution >= 4 is 71.4 Å². The number of hydrogen-bond donors (Lipinski definition) is 0. The summed E-state index contributed by atoms with van der Waals surface area (Å²) in [5, 5.41) is 5.82. The number of para-hydroxylation sites is 4. The SMILES string of the molecule is C1=CCCC(n2c3ccccc3c3cc(-c4nc(-c5ccccc5)c5oc6c(-c7cccc(-c8ccc9c(c8)c8ccccc8n9-c8ccccc8)c7)cccc6c5n4)ccc32)=C1. The summed E-state index contributed by atoms with van der Waals surface area (Å²) in [6.07, 6.45) is 8.70. The Kier molecular flexibility index (Phi) is 7.97. The molecule has 4 aromatic heterocycles. The molecule has 0 bridgehead atoms. The topological polar surface area (TPSA) is 48.8 Å². The molecule has 0 atom stereocenters. The van der Waals surface area contributed by atoms with Crippen LogP contribution in [0.1, 0.15) is 12.8 Å². The second-order valence-electron chi connectivity index (χ2n) is 16.4. The summed E-state index contributed by atoms with van der Waals surface area (Å²) in [5.74, 6) is 0.666. The molecule has 0 spiro atoms. The lowest BCUT2D eigenvalue weighted by Gasteiger charge is -2.14. The van der Waals surface area contributed by atoms with E-state index in [1.54, 1.807) is 0 Å². The first-order valence-corrected chi connectivity index (χ1v) is 21.6. The number of rotatable bonds is 6. The summed E-state index contributed by atoms with van der Waals surface area (Å²) in [4.78, 5) is 10.7. The second kappa shape index (κ2) is 14.2. The van der Waals surface area contributed by atoms with Gasteiger partial charge in [-0.1, -0.05) is 133 Å². The maximum absolute atomic E-state index is 6.97. The summed E-state index contributed by atoms with van der Waals surface area (Å²) in [7, 11) is 0. The van der Waals surface area contributed by atoms with Crippen LogP contribution < -0.4 is 0 Å². The van der Waals surface area contributed by atoms with Gasteiger partial charge in [-0.2, -0.15) is 0 Å². The van der Waals surface area contributed by atoms with Crippen LogP contribution in [0.4, 0.5) is 0 Å². The average Bonchev–Trinajstić information content (AvgIpc) is 4.02. The van der Waals surface area contributed by atoms with Crippen LogP contribution in [-0.2, 0) is 0 Å². The largest absolute Gasteiger partial charge is 0.451 e. The lowest BCUT2D eigenvalue weighted by atomic mass is 9.97. The Morgan fingerprint density at radius 3 is 1.81 bits per heavy atom. The summed E-state index contributed by atoms with van der Waals surface area (Å²) < 4.78 is 11.7. The van der Waals surface area contributed by atoms with Crippen LogP contribution in [0.15, 0.2) is 211 Å². The van der Waals surface area contributed by atoms with Crippen LogP contribution in [0.3, 0.4) is 0 Å². The summed E-state index contributed by atoms with van der Waals surface area (Å²) in [5.41, 5.74) is 16.6. The number of hydrogen-bond acceptors (Lipinski definition) is 3. The van der Waals surface area contributed by atoms with Crippen LogP contribution in [0.25, 0.3) is 122 Å². The average molecular weight is 807 g/mol. The van der Waals surface area contributed by atoms with E-state index in [4.69, 9.17) is 14.4 Å². The van der Waals surface area contributed by atoms with Crippen molar-refractivity contribution in [3.05, 3.63) is 206 Å². The summed E-state index contributed by atoms with van der Waals surface area (Å²) in [6, 6.07) is 67.0. The molecule has 0 aliphatic heterocycles. The molecule has 0 saturated heterocycles. The van der Waals surface area contributed by atoms with Gasteiger partial charge in [0.25, 0.3) is 0 Å². The first-order valence-electron chi connectivity index (χ1n) is 21.6. The molecule has 0 radical (unpaired) electrons. The molecule has 296 valence electrons. The molecular formula is C58H38N4O. The lowest BCUT2D eigenvalue weighted by Crippen LogP contribution is -1.98. The van der Waals surface area contributed by atoms with Gasteiger partial charge in [0.1, 0.15) is 16.8 Å². The van der Waals surface area contributed by atoms with Crippen LogP contribution in [-0.4, -0.2) is 19.1 Å². The fraction of sp³-hybridized carbons (Fsp3) is 0.0345. The number of aromatic nitrogens is 4. The number of benzene rings is 8. The van der Waals surface area contributed by atoms with E-state index in [0.29, 0.717) is 11.4 Å². The minimum absolute atomic E-state index is 0.666. The third-order valence-electron chi connectivity index (χ3n) is 12.8. The van der Waals surface area contributed by atoms with Crippen LogP contribution in [0, 0.1) is 0 Å². The second-order valence-corrected chi connectivity index (χ2v) is 16.4. The standard InChI is InChI=1S/C58H38N4O/c1-4-16-37(17-5-1)54-57-55(60-58(59-54)41-31-33-53-49(36-41)46-25-11-13-29-51(46)62(53)43-22-8-3-9-23-43)47-27-15-26-44(56(47)63-57)40-19-14-18-38(34-40)39-30-32-52-48(35-39)45-24-10-12-28-50(45)61(52)42-20-6-2-7-21-42/h1-8,10-22,24-36H,9,23H2. The fourth-order valence-corrected chi connectivity index (χ4v) is 9.88. The zero-order valence-electron chi connectivity index (χ0n) is 34.2. The Hall–Kier alpha value is -8.28. The smallest absolute Gasteiger partial charge is 0.180 e. The highest BCUT2D eigenvalue weighted by molar-refractivity contribution is 6.14. The summed E-state index contributed by atoms with van der Waals surface area (Å²) in [6.45, 7) is 0. The number of nitrogens with zero attached hydrogens (tertiary/aromatic N) is 4. The molecule has 63 heavy (non-hydrogen) atoms. The molecule has 0 saturated carbocycles. The van der Waals surface area contributed by atoms with Gasteiger partial charge < -0.3 is 13.6 Å². The van der Waals surface area contributed by atoms with E-state index in [9.17, 15) is 0 Å². The number of fused-ring (bicyclic) bond motifs is 9. The van der Waals surface area contributed by atoms with Gasteiger partial charge in [0.15, 0.2) is 11.4 Å². The maximum atomic E-state index is 6.97. The third-order valence-corrected chi connectivity index (χ3v) is 12.8. The Bertz CT molecular complexity index is 3850. The van der Waals surface area contributed by atoms with Gasteiger partial charge in [-0.15, -0.1) is 0 Å². The quantitative estimate of drug-likeness (QED) is 0.168.